The molecule has 0 saturated carbocycles. The summed E-state index contributed by atoms with van der Waals surface area (Å²) in [5.41, 5.74) is 4.01. The van der Waals surface area contributed by atoms with Gasteiger partial charge in [-0.3, -0.25) is 4.90 Å². The molecule has 0 atom stereocenters. The van der Waals surface area contributed by atoms with Crippen LogP contribution < -0.4 is 0 Å². The quantitative estimate of drug-likeness (QED) is 0.718. The number of hydrogen-bond acceptors (Lipinski definition) is 3. The lowest BCUT2D eigenvalue weighted by molar-refractivity contribution is 0.0471. The van der Waals surface area contributed by atoms with E-state index in [1.165, 1.54) is 5.56 Å². The van der Waals surface area contributed by atoms with Crippen LogP contribution in [0.15, 0.2) is 48.5 Å². The highest BCUT2D eigenvalue weighted by Crippen LogP contribution is 2.14. The first-order chi connectivity index (χ1) is 11.1. The second-order valence-corrected chi connectivity index (χ2v) is 5.67. The smallest absolute Gasteiger partial charge is 0.338 e. The van der Waals surface area contributed by atoms with E-state index >= 15 is 0 Å². The molecule has 2 rings (SSSR count). The van der Waals surface area contributed by atoms with Gasteiger partial charge in [0.2, 0.25) is 0 Å². The van der Waals surface area contributed by atoms with Crippen LogP contribution in [0.4, 0.5) is 0 Å². The van der Waals surface area contributed by atoms with Crippen LogP contribution in [0.25, 0.3) is 0 Å². The topological polar surface area (TPSA) is 29.5 Å². The molecule has 0 radical (unpaired) electrons. The minimum absolute atomic E-state index is 0.275. The van der Waals surface area contributed by atoms with Gasteiger partial charge in [-0.2, -0.15) is 0 Å². The van der Waals surface area contributed by atoms with Gasteiger partial charge in [-0.15, -0.1) is 0 Å². The van der Waals surface area contributed by atoms with Crippen molar-refractivity contribution in [2.24, 2.45) is 0 Å². The largest absolute Gasteiger partial charge is 0.457 e. The van der Waals surface area contributed by atoms with Gasteiger partial charge in [-0.25, -0.2) is 4.79 Å². The van der Waals surface area contributed by atoms with Crippen LogP contribution in [0.5, 0.6) is 0 Å². The Labute approximate surface area is 138 Å². The van der Waals surface area contributed by atoms with E-state index in [0.717, 1.165) is 30.8 Å². The van der Waals surface area contributed by atoms with Crippen LogP contribution in [0.3, 0.4) is 0 Å². The van der Waals surface area contributed by atoms with Crippen molar-refractivity contribution in [2.75, 3.05) is 13.1 Å². The molecule has 0 aliphatic rings. The Bertz CT molecular complexity index is 630. The maximum Gasteiger partial charge on any atom is 0.338 e. The molecule has 23 heavy (non-hydrogen) atoms. The molecular formula is C20H25NO2. The van der Waals surface area contributed by atoms with Crippen molar-refractivity contribution in [1.82, 2.24) is 4.90 Å². The first-order valence-corrected chi connectivity index (χ1v) is 8.17. The van der Waals surface area contributed by atoms with Crippen molar-refractivity contribution in [3.05, 3.63) is 70.8 Å². The summed E-state index contributed by atoms with van der Waals surface area (Å²) in [7, 11) is 0. The van der Waals surface area contributed by atoms with Gasteiger partial charge in [-0.05, 0) is 43.3 Å². The van der Waals surface area contributed by atoms with Crippen LogP contribution in [-0.2, 0) is 17.9 Å². The predicted octanol–water partition coefficient (Wildman–Crippen LogP) is 4.19. The van der Waals surface area contributed by atoms with Crippen LogP contribution in [0.2, 0.25) is 0 Å². The minimum Gasteiger partial charge on any atom is -0.457 e. The maximum absolute atomic E-state index is 12.1. The first-order valence-electron chi connectivity index (χ1n) is 8.17. The summed E-state index contributed by atoms with van der Waals surface area (Å²) in [5, 5.41) is 0. The number of ether oxygens (including phenoxy) is 1. The summed E-state index contributed by atoms with van der Waals surface area (Å²) in [6.07, 6.45) is 0. The van der Waals surface area contributed by atoms with Crippen LogP contribution >= 0.6 is 0 Å². The normalized spacial score (nSPS) is 10.8. The molecule has 122 valence electrons. The average molecular weight is 311 g/mol. The Kier molecular flexibility index (Phi) is 6.36. The molecule has 0 aliphatic heterocycles. The van der Waals surface area contributed by atoms with E-state index in [2.05, 4.69) is 24.8 Å². The number of aryl methyl sites for hydroxylation is 1. The van der Waals surface area contributed by atoms with Gasteiger partial charge in [0.05, 0.1) is 5.56 Å². The highest BCUT2D eigenvalue weighted by molar-refractivity contribution is 5.89. The van der Waals surface area contributed by atoms with Crippen molar-refractivity contribution >= 4 is 5.97 Å². The fourth-order valence-corrected chi connectivity index (χ4v) is 2.46. The summed E-state index contributed by atoms with van der Waals surface area (Å²) in [6.45, 7) is 9.52. The zero-order chi connectivity index (χ0) is 16.7. The van der Waals surface area contributed by atoms with Crippen molar-refractivity contribution in [3.8, 4) is 0 Å². The molecule has 3 nitrogen and oxygen atoms in total. The molecule has 0 bridgehead atoms. The van der Waals surface area contributed by atoms with Crippen molar-refractivity contribution < 1.29 is 9.53 Å². The van der Waals surface area contributed by atoms with Crippen LogP contribution in [-0.4, -0.2) is 24.0 Å². The maximum atomic E-state index is 12.1. The number of esters is 1. The Balaban J connectivity index is 2.02. The molecule has 0 fully saturated rings. The molecule has 0 unspecified atom stereocenters. The predicted molar refractivity (Wildman–Crippen MR) is 93.4 cm³/mol. The molecule has 0 amide bonds. The van der Waals surface area contributed by atoms with Gasteiger partial charge in [0.15, 0.2) is 0 Å². The minimum atomic E-state index is -0.275. The molecule has 3 heteroatoms. The summed E-state index contributed by atoms with van der Waals surface area (Å²) in [6, 6.07) is 15.6. The third-order valence-corrected chi connectivity index (χ3v) is 4.05. The Hall–Kier alpha value is -2.13. The number of rotatable bonds is 7. The summed E-state index contributed by atoms with van der Waals surface area (Å²) in [4.78, 5) is 14.5. The van der Waals surface area contributed by atoms with E-state index in [-0.39, 0.29) is 5.97 Å². The Morgan fingerprint density at radius 1 is 0.957 bits per heavy atom. The molecule has 0 heterocycles. The standard InChI is InChI=1S/C20H25NO2/c1-4-21(5-2)14-18-8-6-7-9-19(18)15-23-20(22)17-12-10-16(3)11-13-17/h6-13H,4-5,14-15H2,1-3H3. The summed E-state index contributed by atoms with van der Waals surface area (Å²) >= 11 is 0. The lowest BCUT2D eigenvalue weighted by atomic mass is 10.1. The lowest BCUT2D eigenvalue weighted by Gasteiger charge is -2.20. The molecule has 2 aromatic carbocycles. The Morgan fingerprint density at radius 3 is 2.17 bits per heavy atom. The number of carbonyl (C=O) groups is 1. The first kappa shape index (κ1) is 17.2. The van der Waals surface area contributed by atoms with E-state index in [1.807, 2.05) is 37.3 Å². The monoisotopic (exact) mass is 311 g/mol. The summed E-state index contributed by atoms with van der Waals surface area (Å²) in [5.74, 6) is -0.275. The molecular weight excluding hydrogens is 286 g/mol. The highest BCUT2D eigenvalue weighted by Gasteiger charge is 2.10. The van der Waals surface area contributed by atoms with Crippen molar-refractivity contribution in [3.63, 3.8) is 0 Å². The fraction of sp³-hybridized carbons (Fsp3) is 0.350. The number of nitrogens with zero attached hydrogens (tertiary/aromatic N) is 1. The number of hydrogen-bond donors (Lipinski definition) is 0. The van der Waals surface area contributed by atoms with Crippen molar-refractivity contribution in [2.45, 2.75) is 33.9 Å². The molecule has 0 saturated heterocycles. The lowest BCUT2D eigenvalue weighted by Crippen LogP contribution is -2.23. The van der Waals surface area contributed by atoms with Gasteiger partial charge in [-0.1, -0.05) is 55.8 Å². The number of benzene rings is 2. The van der Waals surface area contributed by atoms with E-state index < -0.39 is 0 Å². The van der Waals surface area contributed by atoms with Gasteiger partial charge >= 0.3 is 5.97 Å². The van der Waals surface area contributed by atoms with Gasteiger partial charge in [0.25, 0.3) is 0 Å². The van der Waals surface area contributed by atoms with Gasteiger partial charge in [0.1, 0.15) is 6.61 Å². The van der Waals surface area contributed by atoms with E-state index in [4.69, 9.17) is 4.74 Å². The van der Waals surface area contributed by atoms with Crippen LogP contribution in [0, 0.1) is 6.92 Å². The average Bonchev–Trinajstić information content (AvgIpc) is 2.59. The van der Waals surface area contributed by atoms with E-state index in [0.29, 0.717) is 12.2 Å². The second kappa shape index (κ2) is 8.49. The van der Waals surface area contributed by atoms with Crippen molar-refractivity contribution in [1.29, 1.82) is 0 Å². The highest BCUT2D eigenvalue weighted by atomic mass is 16.5. The van der Waals surface area contributed by atoms with Gasteiger partial charge in [0, 0.05) is 6.54 Å². The SMILES string of the molecule is CCN(CC)Cc1ccccc1COC(=O)c1ccc(C)cc1. The van der Waals surface area contributed by atoms with E-state index in [1.54, 1.807) is 12.1 Å². The third-order valence-electron chi connectivity index (χ3n) is 4.05. The summed E-state index contributed by atoms with van der Waals surface area (Å²) < 4.78 is 5.49. The zero-order valence-electron chi connectivity index (χ0n) is 14.2. The molecule has 0 aromatic heterocycles. The molecule has 0 aliphatic carbocycles. The zero-order valence-corrected chi connectivity index (χ0v) is 14.2. The second-order valence-electron chi connectivity index (χ2n) is 5.67. The van der Waals surface area contributed by atoms with Gasteiger partial charge < -0.3 is 4.74 Å². The molecule has 0 N–H and O–H groups in total. The third kappa shape index (κ3) is 4.93. The number of carbonyl (C=O) groups excluding carboxylic acids is 1. The molecule has 0 spiro atoms. The Morgan fingerprint density at radius 2 is 1.57 bits per heavy atom. The van der Waals surface area contributed by atoms with Crippen LogP contribution in [0.1, 0.15) is 40.9 Å². The molecule has 2 aromatic rings. The van der Waals surface area contributed by atoms with E-state index in [9.17, 15) is 4.79 Å². The fourth-order valence-electron chi connectivity index (χ4n) is 2.46.